The van der Waals surface area contributed by atoms with E-state index in [4.69, 9.17) is 0 Å². The third kappa shape index (κ3) is 3.43. The van der Waals surface area contributed by atoms with Crippen LogP contribution in [0.5, 0.6) is 0 Å². The molecule has 0 nitrogen and oxygen atoms in total. The highest BCUT2D eigenvalue weighted by atomic mass is 14.4. The van der Waals surface area contributed by atoms with E-state index in [0.717, 1.165) is 6.42 Å². The van der Waals surface area contributed by atoms with E-state index in [1.54, 1.807) is 11.1 Å². The van der Waals surface area contributed by atoms with Gasteiger partial charge in [0, 0.05) is 0 Å². The minimum absolute atomic E-state index is 0.297. The van der Waals surface area contributed by atoms with E-state index in [9.17, 15) is 0 Å². The number of rotatable bonds is 4. The Kier molecular flexibility index (Phi) is 4.60. The first-order chi connectivity index (χ1) is 11.3. The Morgan fingerprint density at radius 2 is 1.25 bits per heavy atom. The third-order valence-corrected chi connectivity index (χ3v) is 5.89. The lowest BCUT2D eigenvalue weighted by Gasteiger charge is -2.42. The van der Waals surface area contributed by atoms with Crippen LogP contribution in [0.15, 0.2) is 42.5 Å². The summed E-state index contributed by atoms with van der Waals surface area (Å²) in [5.74, 6) is 0. The normalized spacial score (nSPS) is 18.2. The SMILES string of the molecule is CCCc1ccc(Cc2ccc3c(c2)C(C)(C)CCC3(C)C)cc1. The van der Waals surface area contributed by atoms with Crippen molar-refractivity contribution in [3.63, 3.8) is 0 Å². The van der Waals surface area contributed by atoms with Crippen molar-refractivity contribution in [1.82, 2.24) is 0 Å². The predicted octanol–water partition coefficient (Wildman–Crippen LogP) is 6.58. The van der Waals surface area contributed by atoms with Crippen molar-refractivity contribution in [2.24, 2.45) is 0 Å². The van der Waals surface area contributed by atoms with Crippen LogP contribution in [0.1, 0.15) is 81.7 Å². The molecule has 0 aliphatic heterocycles. The average molecular weight is 321 g/mol. The Morgan fingerprint density at radius 1 is 0.708 bits per heavy atom. The summed E-state index contributed by atoms with van der Waals surface area (Å²) in [6, 6.07) is 16.4. The van der Waals surface area contributed by atoms with Crippen molar-refractivity contribution in [2.75, 3.05) is 0 Å². The molecule has 0 spiro atoms. The van der Waals surface area contributed by atoms with Gasteiger partial charge >= 0.3 is 0 Å². The first kappa shape index (κ1) is 17.3. The highest BCUT2D eigenvalue weighted by molar-refractivity contribution is 5.44. The maximum atomic E-state index is 2.48. The van der Waals surface area contributed by atoms with Crippen LogP contribution in [0.25, 0.3) is 0 Å². The van der Waals surface area contributed by atoms with E-state index in [2.05, 4.69) is 77.1 Å². The van der Waals surface area contributed by atoms with Crippen LogP contribution in [0.3, 0.4) is 0 Å². The van der Waals surface area contributed by atoms with Gasteiger partial charge in [0.2, 0.25) is 0 Å². The molecule has 3 rings (SSSR count). The van der Waals surface area contributed by atoms with E-state index in [0.29, 0.717) is 10.8 Å². The topological polar surface area (TPSA) is 0 Å². The van der Waals surface area contributed by atoms with Gasteiger partial charge in [-0.05, 0) is 64.3 Å². The van der Waals surface area contributed by atoms with Gasteiger partial charge in [-0.2, -0.15) is 0 Å². The van der Waals surface area contributed by atoms with Gasteiger partial charge in [0.15, 0.2) is 0 Å². The zero-order valence-corrected chi connectivity index (χ0v) is 16.1. The average Bonchev–Trinajstić information content (AvgIpc) is 2.54. The summed E-state index contributed by atoms with van der Waals surface area (Å²) in [5, 5.41) is 0. The molecule has 0 amide bonds. The second-order valence-corrected chi connectivity index (χ2v) is 8.89. The van der Waals surface area contributed by atoms with Crippen molar-refractivity contribution in [2.45, 2.75) is 77.6 Å². The summed E-state index contributed by atoms with van der Waals surface area (Å²) in [4.78, 5) is 0. The second kappa shape index (κ2) is 6.39. The Balaban J connectivity index is 1.88. The monoisotopic (exact) mass is 320 g/mol. The van der Waals surface area contributed by atoms with E-state index < -0.39 is 0 Å². The zero-order valence-electron chi connectivity index (χ0n) is 16.1. The van der Waals surface area contributed by atoms with E-state index in [1.807, 2.05) is 0 Å². The molecular formula is C24H32. The fourth-order valence-electron chi connectivity index (χ4n) is 4.09. The quantitative estimate of drug-likeness (QED) is 0.597. The Labute approximate surface area is 148 Å². The summed E-state index contributed by atoms with van der Waals surface area (Å²) in [6.07, 6.45) is 6.00. The number of benzene rings is 2. The summed E-state index contributed by atoms with van der Waals surface area (Å²) >= 11 is 0. The maximum absolute atomic E-state index is 2.48. The van der Waals surface area contributed by atoms with Gasteiger partial charge in [-0.1, -0.05) is 83.5 Å². The number of aryl methyl sites for hydroxylation is 1. The molecule has 0 radical (unpaired) electrons. The number of fused-ring (bicyclic) bond motifs is 1. The van der Waals surface area contributed by atoms with Gasteiger partial charge in [0.05, 0.1) is 0 Å². The van der Waals surface area contributed by atoms with Crippen molar-refractivity contribution >= 4 is 0 Å². The molecule has 128 valence electrons. The summed E-state index contributed by atoms with van der Waals surface area (Å²) in [5.41, 5.74) is 8.05. The minimum Gasteiger partial charge on any atom is -0.0651 e. The minimum atomic E-state index is 0.297. The molecule has 2 aromatic carbocycles. The van der Waals surface area contributed by atoms with Crippen LogP contribution in [-0.2, 0) is 23.7 Å². The molecule has 0 fully saturated rings. The lowest BCUT2D eigenvalue weighted by Crippen LogP contribution is -2.33. The van der Waals surface area contributed by atoms with Crippen LogP contribution >= 0.6 is 0 Å². The van der Waals surface area contributed by atoms with Gasteiger partial charge in [-0.15, -0.1) is 0 Å². The highest BCUT2D eigenvalue weighted by Gasteiger charge is 2.36. The van der Waals surface area contributed by atoms with Crippen LogP contribution in [0.4, 0.5) is 0 Å². The molecule has 0 heterocycles. The van der Waals surface area contributed by atoms with Gasteiger partial charge in [0.25, 0.3) is 0 Å². The first-order valence-electron chi connectivity index (χ1n) is 9.53. The largest absolute Gasteiger partial charge is 0.0651 e. The number of hydrogen-bond donors (Lipinski definition) is 0. The summed E-state index contributed by atoms with van der Waals surface area (Å²) in [6.45, 7) is 11.8. The highest BCUT2D eigenvalue weighted by Crippen LogP contribution is 2.46. The van der Waals surface area contributed by atoms with E-state index >= 15 is 0 Å². The molecule has 0 N–H and O–H groups in total. The van der Waals surface area contributed by atoms with Gasteiger partial charge < -0.3 is 0 Å². The molecule has 0 aromatic heterocycles. The van der Waals surface area contributed by atoms with Gasteiger partial charge in [-0.25, -0.2) is 0 Å². The van der Waals surface area contributed by atoms with Gasteiger partial charge in [0.1, 0.15) is 0 Å². The molecule has 1 aliphatic carbocycles. The Bertz CT molecular complexity index is 701. The lowest BCUT2D eigenvalue weighted by molar-refractivity contribution is 0.331. The Hall–Kier alpha value is -1.56. The van der Waals surface area contributed by atoms with E-state index in [1.165, 1.54) is 42.4 Å². The standard InChI is InChI=1S/C24H32/c1-6-7-18-8-10-19(11-9-18)16-20-12-13-21-22(17-20)24(4,5)15-14-23(21,2)3/h8-13,17H,6-7,14-16H2,1-5H3. The van der Waals surface area contributed by atoms with Gasteiger partial charge in [-0.3, -0.25) is 0 Å². The molecule has 1 aliphatic rings. The summed E-state index contributed by atoms with van der Waals surface area (Å²) < 4.78 is 0. The third-order valence-electron chi connectivity index (χ3n) is 5.89. The molecule has 24 heavy (non-hydrogen) atoms. The van der Waals surface area contributed by atoms with Crippen LogP contribution in [-0.4, -0.2) is 0 Å². The molecule has 0 bridgehead atoms. The Morgan fingerprint density at radius 3 is 1.88 bits per heavy atom. The molecule has 0 heteroatoms. The van der Waals surface area contributed by atoms with Crippen LogP contribution < -0.4 is 0 Å². The lowest BCUT2D eigenvalue weighted by atomic mass is 9.63. The van der Waals surface area contributed by atoms with Crippen molar-refractivity contribution in [3.05, 3.63) is 70.3 Å². The maximum Gasteiger partial charge on any atom is -0.00257 e. The molecule has 0 saturated carbocycles. The molecule has 0 unspecified atom stereocenters. The molecule has 0 atom stereocenters. The first-order valence-corrected chi connectivity index (χ1v) is 9.53. The smallest absolute Gasteiger partial charge is 0.00257 e. The van der Waals surface area contributed by atoms with Crippen molar-refractivity contribution < 1.29 is 0 Å². The van der Waals surface area contributed by atoms with Crippen LogP contribution in [0.2, 0.25) is 0 Å². The van der Waals surface area contributed by atoms with Crippen molar-refractivity contribution in [1.29, 1.82) is 0 Å². The summed E-state index contributed by atoms with van der Waals surface area (Å²) in [7, 11) is 0. The second-order valence-electron chi connectivity index (χ2n) is 8.89. The van der Waals surface area contributed by atoms with Crippen molar-refractivity contribution in [3.8, 4) is 0 Å². The molecular weight excluding hydrogens is 288 g/mol. The molecule has 2 aromatic rings. The number of hydrogen-bond acceptors (Lipinski definition) is 0. The zero-order chi connectivity index (χ0) is 17.4. The predicted molar refractivity (Wildman–Crippen MR) is 105 cm³/mol. The van der Waals surface area contributed by atoms with Crippen LogP contribution in [0, 0.1) is 0 Å². The fourth-order valence-corrected chi connectivity index (χ4v) is 4.09. The fraction of sp³-hybridized carbons (Fsp3) is 0.500. The molecule has 0 saturated heterocycles. The van der Waals surface area contributed by atoms with E-state index in [-0.39, 0.29) is 0 Å².